The highest BCUT2D eigenvalue weighted by Crippen LogP contribution is 2.25. The maximum Gasteiger partial charge on any atom is 0.251 e. The summed E-state index contributed by atoms with van der Waals surface area (Å²) in [5.41, 5.74) is 0.773. The first-order valence-electron chi connectivity index (χ1n) is 6.01. The van der Waals surface area contributed by atoms with Gasteiger partial charge in [-0.15, -0.1) is 12.4 Å². The van der Waals surface area contributed by atoms with Gasteiger partial charge in [-0.3, -0.25) is 9.78 Å². The SMILES string of the molecule is CC1(C)CNCCC1NC(=O)c1ccncc1.Cl. The number of pyridine rings is 1. The molecule has 0 aliphatic carbocycles. The monoisotopic (exact) mass is 269 g/mol. The van der Waals surface area contributed by atoms with Crippen molar-refractivity contribution in [1.82, 2.24) is 15.6 Å². The molecule has 5 heteroatoms. The molecule has 1 aromatic heterocycles. The van der Waals surface area contributed by atoms with Crippen LogP contribution in [0.25, 0.3) is 0 Å². The molecular weight excluding hydrogens is 250 g/mol. The van der Waals surface area contributed by atoms with Crippen LogP contribution in [0.3, 0.4) is 0 Å². The van der Waals surface area contributed by atoms with Gasteiger partial charge in [0.2, 0.25) is 0 Å². The number of hydrogen-bond donors (Lipinski definition) is 2. The van der Waals surface area contributed by atoms with Gasteiger partial charge in [0.1, 0.15) is 0 Å². The van der Waals surface area contributed by atoms with Gasteiger partial charge in [-0.1, -0.05) is 13.8 Å². The predicted octanol–water partition coefficient (Wildman–Crippen LogP) is 1.62. The minimum atomic E-state index is -0.00706. The van der Waals surface area contributed by atoms with Crippen LogP contribution in [0.4, 0.5) is 0 Å². The molecule has 0 spiro atoms. The quantitative estimate of drug-likeness (QED) is 0.858. The van der Waals surface area contributed by atoms with Gasteiger partial charge in [0, 0.05) is 30.5 Å². The molecule has 2 N–H and O–H groups in total. The summed E-state index contributed by atoms with van der Waals surface area (Å²) < 4.78 is 0. The molecule has 1 amide bonds. The van der Waals surface area contributed by atoms with Gasteiger partial charge in [0.15, 0.2) is 0 Å². The fourth-order valence-corrected chi connectivity index (χ4v) is 2.18. The average Bonchev–Trinajstić information content (AvgIpc) is 2.33. The number of hydrogen-bond acceptors (Lipinski definition) is 3. The predicted molar refractivity (Wildman–Crippen MR) is 74.0 cm³/mol. The first-order valence-corrected chi connectivity index (χ1v) is 6.01. The van der Waals surface area contributed by atoms with Gasteiger partial charge in [0.25, 0.3) is 5.91 Å². The molecule has 1 fully saturated rings. The fourth-order valence-electron chi connectivity index (χ4n) is 2.18. The van der Waals surface area contributed by atoms with E-state index in [9.17, 15) is 4.79 Å². The highest BCUT2D eigenvalue weighted by molar-refractivity contribution is 5.94. The summed E-state index contributed by atoms with van der Waals surface area (Å²) in [6, 6.07) is 3.71. The van der Waals surface area contributed by atoms with Crippen molar-refractivity contribution >= 4 is 18.3 Å². The number of nitrogens with one attached hydrogen (secondary N) is 2. The lowest BCUT2D eigenvalue weighted by molar-refractivity contribution is 0.0868. The van der Waals surface area contributed by atoms with E-state index < -0.39 is 0 Å². The summed E-state index contributed by atoms with van der Waals surface area (Å²) >= 11 is 0. The van der Waals surface area contributed by atoms with E-state index in [0.717, 1.165) is 19.5 Å². The first kappa shape index (κ1) is 14.9. The summed E-state index contributed by atoms with van der Waals surface area (Å²) in [7, 11) is 0. The molecule has 2 heterocycles. The zero-order valence-electron chi connectivity index (χ0n) is 10.8. The molecule has 1 atom stereocenters. The van der Waals surface area contributed by atoms with Crippen LogP contribution in [0.1, 0.15) is 30.6 Å². The summed E-state index contributed by atoms with van der Waals surface area (Å²) in [6.07, 6.45) is 4.26. The maximum atomic E-state index is 12.0. The molecule has 0 radical (unpaired) electrons. The third kappa shape index (κ3) is 3.43. The highest BCUT2D eigenvalue weighted by atomic mass is 35.5. The number of rotatable bonds is 2. The number of carbonyl (C=O) groups is 1. The van der Waals surface area contributed by atoms with Crippen molar-refractivity contribution in [3.05, 3.63) is 30.1 Å². The smallest absolute Gasteiger partial charge is 0.251 e. The van der Waals surface area contributed by atoms with Gasteiger partial charge in [-0.05, 0) is 30.5 Å². The van der Waals surface area contributed by atoms with E-state index >= 15 is 0 Å². The van der Waals surface area contributed by atoms with Crippen LogP contribution >= 0.6 is 12.4 Å². The Labute approximate surface area is 114 Å². The van der Waals surface area contributed by atoms with E-state index in [2.05, 4.69) is 29.5 Å². The first-order chi connectivity index (χ1) is 8.09. The lowest BCUT2D eigenvalue weighted by atomic mass is 9.80. The van der Waals surface area contributed by atoms with Crippen molar-refractivity contribution in [1.29, 1.82) is 0 Å². The molecule has 2 rings (SSSR count). The second-order valence-electron chi connectivity index (χ2n) is 5.22. The highest BCUT2D eigenvalue weighted by Gasteiger charge is 2.33. The molecule has 0 saturated carbocycles. The van der Waals surface area contributed by atoms with E-state index in [1.165, 1.54) is 0 Å². The standard InChI is InChI=1S/C13H19N3O.ClH/c1-13(2)9-15-8-5-11(13)16-12(17)10-3-6-14-7-4-10;/h3-4,6-7,11,15H,5,8-9H2,1-2H3,(H,16,17);1H. The molecular formula is C13H20ClN3O. The second-order valence-corrected chi connectivity index (χ2v) is 5.22. The zero-order chi connectivity index (χ0) is 12.3. The van der Waals surface area contributed by atoms with Crippen LogP contribution < -0.4 is 10.6 Å². The third-order valence-corrected chi connectivity index (χ3v) is 3.38. The Morgan fingerprint density at radius 2 is 2.11 bits per heavy atom. The minimum Gasteiger partial charge on any atom is -0.349 e. The largest absolute Gasteiger partial charge is 0.349 e. The molecule has 1 unspecified atom stereocenters. The van der Waals surface area contributed by atoms with E-state index in [1.54, 1.807) is 24.5 Å². The fraction of sp³-hybridized carbons (Fsp3) is 0.538. The minimum absolute atomic E-state index is 0. The van der Waals surface area contributed by atoms with Crippen molar-refractivity contribution in [3.63, 3.8) is 0 Å². The zero-order valence-corrected chi connectivity index (χ0v) is 11.6. The Morgan fingerprint density at radius 3 is 2.72 bits per heavy atom. The Bertz CT molecular complexity index is 394. The average molecular weight is 270 g/mol. The molecule has 1 aliphatic heterocycles. The third-order valence-electron chi connectivity index (χ3n) is 3.38. The van der Waals surface area contributed by atoms with Crippen molar-refractivity contribution in [3.8, 4) is 0 Å². The Kier molecular flexibility index (Phi) is 5.11. The number of halogens is 1. The van der Waals surface area contributed by atoms with Gasteiger partial charge in [-0.2, -0.15) is 0 Å². The van der Waals surface area contributed by atoms with Crippen molar-refractivity contribution in [2.75, 3.05) is 13.1 Å². The second kappa shape index (κ2) is 6.16. The molecule has 0 bridgehead atoms. The van der Waals surface area contributed by atoms with Crippen LogP contribution in [0, 0.1) is 5.41 Å². The number of carbonyl (C=O) groups excluding carboxylic acids is 1. The van der Waals surface area contributed by atoms with Gasteiger partial charge >= 0.3 is 0 Å². The lowest BCUT2D eigenvalue weighted by Crippen LogP contribution is -2.54. The van der Waals surface area contributed by atoms with E-state index in [4.69, 9.17) is 0 Å². The van der Waals surface area contributed by atoms with Crippen LogP contribution in [0.15, 0.2) is 24.5 Å². The van der Waals surface area contributed by atoms with Gasteiger partial charge in [-0.25, -0.2) is 0 Å². The summed E-state index contributed by atoms with van der Waals surface area (Å²) in [6.45, 7) is 6.26. The topological polar surface area (TPSA) is 54.0 Å². The van der Waals surface area contributed by atoms with Crippen molar-refractivity contribution in [2.45, 2.75) is 26.3 Å². The normalized spacial score (nSPS) is 21.8. The molecule has 1 aromatic rings. The number of nitrogens with zero attached hydrogens (tertiary/aromatic N) is 1. The maximum absolute atomic E-state index is 12.0. The van der Waals surface area contributed by atoms with E-state index in [0.29, 0.717) is 5.56 Å². The Balaban J connectivity index is 0.00000162. The van der Waals surface area contributed by atoms with Crippen LogP contribution in [0.2, 0.25) is 0 Å². The summed E-state index contributed by atoms with van der Waals surface area (Å²) in [5.74, 6) is -0.00706. The summed E-state index contributed by atoms with van der Waals surface area (Å²) in [4.78, 5) is 16.0. The van der Waals surface area contributed by atoms with Crippen molar-refractivity contribution < 1.29 is 4.79 Å². The van der Waals surface area contributed by atoms with Gasteiger partial charge < -0.3 is 10.6 Å². The van der Waals surface area contributed by atoms with E-state index in [1.807, 2.05) is 0 Å². The van der Waals surface area contributed by atoms with Crippen LogP contribution in [-0.2, 0) is 0 Å². The van der Waals surface area contributed by atoms with Crippen molar-refractivity contribution in [2.24, 2.45) is 5.41 Å². The Hall–Kier alpha value is -1.13. The summed E-state index contributed by atoms with van der Waals surface area (Å²) in [5, 5.41) is 6.48. The van der Waals surface area contributed by atoms with E-state index in [-0.39, 0.29) is 29.8 Å². The van der Waals surface area contributed by atoms with Gasteiger partial charge in [0.05, 0.1) is 0 Å². The molecule has 0 aromatic carbocycles. The van der Waals surface area contributed by atoms with Crippen LogP contribution in [0.5, 0.6) is 0 Å². The number of piperidine rings is 1. The molecule has 18 heavy (non-hydrogen) atoms. The van der Waals surface area contributed by atoms with Crippen LogP contribution in [-0.4, -0.2) is 30.0 Å². The molecule has 1 aliphatic rings. The number of amides is 1. The molecule has 1 saturated heterocycles. The molecule has 4 nitrogen and oxygen atoms in total. The number of aromatic nitrogens is 1. The molecule has 100 valence electrons. The lowest BCUT2D eigenvalue weighted by Gasteiger charge is -2.39. The Morgan fingerprint density at radius 1 is 1.44 bits per heavy atom.